The van der Waals surface area contributed by atoms with Gasteiger partial charge in [0, 0.05) is 44.2 Å². The minimum absolute atomic E-state index is 0.0461. The van der Waals surface area contributed by atoms with Crippen LogP contribution in [0.4, 0.5) is 10.6 Å². The molecule has 3 rings (SSSR count). The molecule has 29 heavy (non-hydrogen) atoms. The number of urea groups is 1. The fourth-order valence-electron chi connectivity index (χ4n) is 3.49. The first-order valence-corrected chi connectivity index (χ1v) is 10.5. The third-order valence-corrected chi connectivity index (χ3v) is 5.26. The van der Waals surface area contributed by atoms with E-state index in [4.69, 9.17) is 5.10 Å². The molecule has 0 spiro atoms. The molecule has 0 saturated carbocycles. The lowest BCUT2D eigenvalue weighted by atomic mass is 9.92. The third-order valence-electron chi connectivity index (χ3n) is 5.26. The van der Waals surface area contributed by atoms with Gasteiger partial charge in [-0.25, -0.2) is 9.48 Å². The van der Waals surface area contributed by atoms with Crippen LogP contribution in [0.2, 0.25) is 0 Å². The van der Waals surface area contributed by atoms with Gasteiger partial charge in [-0.3, -0.25) is 10.2 Å². The molecule has 6 nitrogen and oxygen atoms in total. The van der Waals surface area contributed by atoms with E-state index in [1.54, 1.807) is 0 Å². The van der Waals surface area contributed by atoms with Crippen molar-refractivity contribution in [3.05, 3.63) is 47.7 Å². The quantitative estimate of drug-likeness (QED) is 0.841. The number of benzene rings is 1. The first-order chi connectivity index (χ1) is 13.5. The van der Waals surface area contributed by atoms with Crippen molar-refractivity contribution in [1.29, 1.82) is 0 Å². The molecule has 1 aromatic carbocycles. The molecule has 1 aliphatic heterocycles. The number of nitrogens with one attached hydrogen (secondary N) is 1. The van der Waals surface area contributed by atoms with Crippen LogP contribution in [0.3, 0.4) is 0 Å². The molecule has 2 heterocycles. The summed E-state index contributed by atoms with van der Waals surface area (Å²) >= 11 is 0. The number of carbonyl (C=O) groups is 1. The Morgan fingerprint density at radius 2 is 1.62 bits per heavy atom. The maximum absolute atomic E-state index is 12.9. The second-order valence-corrected chi connectivity index (χ2v) is 9.93. The van der Waals surface area contributed by atoms with Gasteiger partial charge in [-0.2, -0.15) is 5.10 Å². The standard InChI is InChI=1S/C23H35N5O/c1-22(2,3)19-16-20(28(25-19)23(4,5)6)24-21(29)27-14-12-26(13-15-27)17-18-10-8-7-9-11-18/h7-11,16H,12-15,17H2,1-6H3,(H,24,29). The highest BCUT2D eigenvalue weighted by Crippen LogP contribution is 2.28. The Morgan fingerprint density at radius 3 is 2.17 bits per heavy atom. The van der Waals surface area contributed by atoms with Gasteiger partial charge in [0.05, 0.1) is 11.2 Å². The summed E-state index contributed by atoms with van der Waals surface area (Å²) in [6.45, 7) is 16.9. The molecular formula is C23H35N5O. The second kappa shape index (κ2) is 8.19. The SMILES string of the molecule is CC(C)(C)c1cc(NC(=O)N2CCN(Cc3ccccc3)CC2)n(C(C)(C)C)n1. The molecule has 1 saturated heterocycles. The number of piperazine rings is 1. The van der Waals surface area contributed by atoms with E-state index in [1.165, 1.54) is 5.56 Å². The normalized spacial score (nSPS) is 16.1. The molecule has 1 aromatic heterocycles. The van der Waals surface area contributed by atoms with Gasteiger partial charge in [0.25, 0.3) is 0 Å². The largest absolute Gasteiger partial charge is 0.323 e. The molecule has 158 valence electrons. The van der Waals surface area contributed by atoms with Crippen molar-refractivity contribution < 1.29 is 4.79 Å². The van der Waals surface area contributed by atoms with Gasteiger partial charge in [-0.15, -0.1) is 0 Å². The van der Waals surface area contributed by atoms with Gasteiger partial charge in [-0.1, -0.05) is 51.1 Å². The summed E-state index contributed by atoms with van der Waals surface area (Å²) in [7, 11) is 0. The highest BCUT2D eigenvalue weighted by atomic mass is 16.2. The summed E-state index contributed by atoms with van der Waals surface area (Å²) in [5.74, 6) is 0.763. The number of hydrogen-bond donors (Lipinski definition) is 1. The summed E-state index contributed by atoms with van der Waals surface area (Å²) in [5, 5.41) is 7.90. The van der Waals surface area contributed by atoms with Crippen molar-refractivity contribution in [2.24, 2.45) is 0 Å². The molecule has 0 unspecified atom stereocenters. The Hall–Kier alpha value is -2.34. The van der Waals surface area contributed by atoms with Gasteiger partial charge in [0.15, 0.2) is 0 Å². The number of carbonyl (C=O) groups excluding carboxylic acids is 1. The Bertz CT molecular complexity index is 821. The van der Waals surface area contributed by atoms with Crippen LogP contribution in [-0.4, -0.2) is 51.8 Å². The van der Waals surface area contributed by atoms with E-state index in [2.05, 4.69) is 76.0 Å². The number of aromatic nitrogens is 2. The van der Waals surface area contributed by atoms with Crippen LogP contribution >= 0.6 is 0 Å². The van der Waals surface area contributed by atoms with Gasteiger partial charge < -0.3 is 4.90 Å². The molecule has 1 N–H and O–H groups in total. The number of hydrogen-bond acceptors (Lipinski definition) is 3. The van der Waals surface area contributed by atoms with Crippen LogP contribution in [-0.2, 0) is 17.5 Å². The number of nitrogens with zero attached hydrogens (tertiary/aromatic N) is 4. The minimum Gasteiger partial charge on any atom is -0.322 e. The molecule has 0 atom stereocenters. The van der Waals surface area contributed by atoms with Gasteiger partial charge in [-0.05, 0) is 26.3 Å². The summed E-state index contributed by atoms with van der Waals surface area (Å²) in [5.41, 5.74) is 2.02. The van der Waals surface area contributed by atoms with E-state index in [9.17, 15) is 4.79 Å². The van der Waals surface area contributed by atoms with Crippen molar-refractivity contribution in [2.75, 3.05) is 31.5 Å². The Kier molecular flexibility index (Phi) is 6.03. The van der Waals surface area contributed by atoms with Crippen molar-refractivity contribution in [3.63, 3.8) is 0 Å². The lowest BCUT2D eigenvalue weighted by molar-refractivity contribution is 0.143. The van der Waals surface area contributed by atoms with Crippen LogP contribution in [0.5, 0.6) is 0 Å². The molecule has 1 fully saturated rings. The topological polar surface area (TPSA) is 53.4 Å². The van der Waals surface area contributed by atoms with Crippen molar-refractivity contribution in [3.8, 4) is 0 Å². The lowest BCUT2D eigenvalue weighted by Crippen LogP contribution is -2.49. The first kappa shape index (κ1) is 21.4. The fourth-order valence-corrected chi connectivity index (χ4v) is 3.49. The van der Waals surface area contributed by atoms with Crippen LogP contribution in [0.15, 0.2) is 36.4 Å². The summed E-state index contributed by atoms with van der Waals surface area (Å²) in [6, 6.07) is 12.5. The van der Waals surface area contributed by atoms with Crippen LogP contribution < -0.4 is 5.32 Å². The van der Waals surface area contributed by atoms with Gasteiger partial charge in [0.1, 0.15) is 5.82 Å². The van der Waals surface area contributed by atoms with Crippen molar-refractivity contribution >= 4 is 11.8 Å². The monoisotopic (exact) mass is 397 g/mol. The van der Waals surface area contributed by atoms with Crippen LogP contribution in [0.1, 0.15) is 52.8 Å². The molecule has 0 aliphatic carbocycles. The predicted octanol–water partition coefficient (Wildman–Crippen LogP) is 4.29. The fraction of sp³-hybridized carbons (Fsp3) is 0.565. The van der Waals surface area contributed by atoms with Crippen molar-refractivity contribution in [2.45, 2.75) is 59.0 Å². The summed E-state index contributed by atoms with van der Waals surface area (Å²) in [4.78, 5) is 17.2. The van der Waals surface area contributed by atoms with E-state index in [0.717, 1.165) is 44.2 Å². The zero-order chi connectivity index (χ0) is 21.2. The van der Waals surface area contributed by atoms with Crippen LogP contribution in [0, 0.1) is 0 Å². The molecule has 1 aliphatic rings. The molecule has 0 bridgehead atoms. The van der Waals surface area contributed by atoms with E-state index in [-0.39, 0.29) is 17.0 Å². The highest BCUT2D eigenvalue weighted by Gasteiger charge is 2.27. The maximum atomic E-state index is 12.9. The number of rotatable bonds is 3. The molecular weight excluding hydrogens is 362 g/mol. The summed E-state index contributed by atoms with van der Waals surface area (Å²) < 4.78 is 1.93. The zero-order valence-corrected chi connectivity index (χ0v) is 18.7. The second-order valence-electron chi connectivity index (χ2n) is 9.93. The summed E-state index contributed by atoms with van der Waals surface area (Å²) in [6.07, 6.45) is 0. The molecule has 0 radical (unpaired) electrons. The highest BCUT2D eigenvalue weighted by molar-refractivity contribution is 5.88. The Labute approximate surface area is 174 Å². The number of amides is 2. The van der Waals surface area contributed by atoms with Gasteiger partial charge >= 0.3 is 6.03 Å². The van der Waals surface area contributed by atoms with Crippen LogP contribution in [0.25, 0.3) is 0 Å². The first-order valence-electron chi connectivity index (χ1n) is 10.5. The van der Waals surface area contributed by atoms with E-state index >= 15 is 0 Å². The molecule has 6 heteroatoms. The minimum atomic E-state index is -0.208. The predicted molar refractivity (Wildman–Crippen MR) is 118 cm³/mol. The average Bonchev–Trinajstić information content (AvgIpc) is 3.08. The Balaban J connectivity index is 1.63. The lowest BCUT2D eigenvalue weighted by Gasteiger charge is -2.35. The maximum Gasteiger partial charge on any atom is 0.323 e. The average molecular weight is 398 g/mol. The van der Waals surface area contributed by atoms with Crippen molar-refractivity contribution in [1.82, 2.24) is 19.6 Å². The smallest absolute Gasteiger partial charge is 0.322 e. The number of anilines is 1. The van der Waals surface area contributed by atoms with E-state index in [1.807, 2.05) is 21.7 Å². The van der Waals surface area contributed by atoms with E-state index in [0.29, 0.717) is 0 Å². The molecule has 2 amide bonds. The molecule has 2 aromatic rings. The Morgan fingerprint density at radius 1 is 1.00 bits per heavy atom. The van der Waals surface area contributed by atoms with E-state index < -0.39 is 0 Å². The third kappa shape index (κ3) is 5.38. The zero-order valence-electron chi connectivity index (χ0n) is 18.7. The van der Waals surface area contributed by atoms with Gasteiger partial charge in [0.2, 0.25) is 0 Å².